The molecule has 0 saturated heterocycles. The lowest BCUT2D eigenvalue weighted by atomic mass is 10.3. The maximum absolute atomic E-state index is 6.02. The highest BCUT2D eigenvalue weighted by Crippen LogP contribution is 2.31. The Balaban J connectivity index is 2.01. The van der Waals surface area contributed by atoms with Crippen LogP contribution < -0.4 is 5.32 Å². The van der Waals surface area contributed by atoms with Gasteiger partial charge in [-0.2, -0.15) is 0 Å². The Bertz CT molecular complexity index is 530. The number of nitrogens with one attached hydrogen (secondary N) is 1. The number of halogens is 2. The lowest BCUT2D eigenvalue weighted by molar-refractivity contribution is 0.615. The molecular weight excluding hydrogens is 362 g/mol. The summed E-state index contributed by atoms with van der Waals surface area (Å²) in [6.45, 7) is 3.09. The Labute approximate surface area is 135 Å². The molecule has 1 atom stereocenters. The molecular formula is C14H15BrClNS2. The summed E-state index contributed by atoms with van der Waals surface area (Å²) in [6, 6.07) is 12.8. The van der Waals surface area contributed by atoms with E-state index in [-0.39, 0.29) is 0 Å². The fourth-order valence-corrected chi connectivity index (χ4v) is 4.57. The van der Waals surface area contributed by atoms with Crippen LogP contribution in [0.15, 0.2) is 45.8 Å². The normalized spacial score (nSPS) is 12.6. The summed E-state index contributed by atoms with van der Waals surface area (Å²) in [4.78, 5) is 2.58. The molecule has 0 saturated carbocycles. The molecule has 0 amide bonds. The molecule has 0 radical (unpaired) electrons. The van der Waals surface area contributed by atoms with Crippen LogP contribution >= 0.6 is 50.6 Å². The van der Waals surface area contributed by atoms with Gasteiger partial charge in [-0.1, -0.05) is 40.5 Å². The quantitative estimate of drug-likeness (QED) is 0.658. The summed E-state index contributed by atoms with van der Waals surface area (Å²) < 4.78 is 1.97. The molecule has 5 heteroatoms. The second-order valence-corrected chi connectivity index (χ2v) is 7.78. The van der Waals surface area contributed by atoms with Crippen LogP contribution in [0.3, 0.4) is 0 Å². The summed E-state index contributed by atoms with van der Waals surface area (Å²) in [5, 5.41) is 3.52. The van der Waals surface area contributed by atoms with E-state index < -0.39 is 0 Å². The van der Waals surface area contributed by atoms with E-state index in [0.29, 0.717) is 6.04 Å². The first-order valence-electron chi connectivity index (χ1n) is 6.06. The van der Waals surface area contributed by atoms with Gasteiger partial charge >= 0.3 is 0 Å². The van der Waals surface area contributed by atoms with Gasteiger partial charge in [0.2, 0.25) is 0 Å². The largest absolute Gasteiger partial charge is 0.309 e. The van der Waals surface area contributed by atoms with Crippen molar-refractivity contribution in [3.63, 3.8) is 0 Å². The predicted molar refractivity (Wildman–Crippen MR) is 90.6 cm³/mol. The molecule has 1 unspecified atom stereocenters. The van der Waals surface area contributed by atoms with E-state index in [0.717, 1.165) is 21.1 Å². The van der Waals surface area contributed by atoms with E-state index in [1.54, 1.807) is 11.3 Å². The molecule has 19 heavy (non-hydrogen) atoms. The van der Waals surface area contributed by atoms with Gasteiger partial charge in [-0.15, -0.1) is 23.1 Å². The van der Waals surface area contributed by atoms with Crippen molar-refractivity contribution >= 4 is 50.6 Å². The first-order valence-corrected chi connectivity index (χ1v) is 9.03. The van der Waals surface area contributed by atoms with Crippen molar-refractivity contribution in [3.05, 3.63) is 50.1 Å². The van der Waals surface area contributed by atoms with E-state index in [1.807, 2.05) is 23.9 Å². The van der Waals surface area contributed by atoms with Crippen LogP contribution in [0.5, 0.6) is 0 Å². The number of rotatable bonds is 6. The molecule has 0 bridgehead atoms. The van der Waals surface area contributed by atoms with Crippen LogP contribution in [0.4, 0.5) is 0 Å². The predicted octanol–water partition coefficient (Wildman–Crippen LogP) is 5.61. The molecule has 2 aromatic rings. The van der Waals surface area contributed by atoms with Crippen LogP contribution in [0.25, 0.3) is 0 Å². The van der Waals surface area contributed by atoms with E-state index in [9.17, 15) is 0 Å². The lowest BCUT2D eigenvalue weighted by Crippen LogP contribution is -2.21. The minimum absolute atomic E-state index is 0.353. The second kappa shape index (κ2) is 7.70. The fraction of sp³-hybridized carbons (Fsp3) is 0.286. The van der Waals surface area contributed by atoms with Gasteiger partial charge < -0.3 is 5.32 Å². The van der Waals surface area contributed by atoms with Gasteiger partial charge in [0.25, 0.3) is 0 Å². The topological polar surface area (TPSA) is 12.0 Å². The van der Waals surface area contributed by atoms with E-state index >= 15 is 0 Å². The van der Waals surface area contributed by atoms with Crippen LogP contribution in [-0.2, 0) is 0 Å². The van der Waals surface area contributed by atoms with Crippen LogP contribution in [0.1, 0.15) is 17.8 Å². The summed E-state index contributed by atoms with van der Waals surface area (Å²) in [5.74, 6) is 1.00. The smallest absolute Gasteiger partial charge is 0.0931 e. The number of hydrogen-bond donors (Lipinski definition) is 1. The standard InChI is InChI=1S/C14H15BrClNS2/c1-2-17-12(13-6-7-14(16)19-13)9-18-11-5-3-4-10(15)8-11/h3-8,12,17H,2,9H2,1H3. The summed E-state index contributed by atoms with van der Waals surface area (Å²) >= 11 is 13.0. The summed E-state index contributed by atoms with van der Waals surface area (Å²) in [6.07, 6.45) is 0. The Morgan fingerprint density at radius 2 is 2.21 bits per heavy atom. The molecule has 1 N–H and O–H groups in total. The van der Waals surface area contributed by atoms with Crippen molar-refractivity contribution < 1.29 is 0 Å². The van der Waals surface area contributed by atoms with Gasteiger partial charge in [0.1, 0.15) is 0 Å². The van der Waals surface area contributed by atoms with Gasteiger partial charge in [-0.3, -0.25) is 0 Å². The molecule has 0 spiro atoms. The number of benzene rings is 1. The maximum Gasteiger partial charge on any atom is 0.0931 e. The highest BCUT2D eigenvalue weighted by molar-refractivity contribution is 9.10. The minimum Gasteiger partial charge on any atom is -0.309 e. The van der Waals surface area contributed by atoms with Crippen molar-refractivity contribution in [2.45, 2.75) is 17.9 Å². The zero-order valence-electron chi connectivity index (χ0n) is 10.5. The number of thioether (sulfide) groups is 1. The van der Waals surface area contributed by atoms with Gasteiger partial charge in [-0.25, -0.2) is 0 Å². The van der Waals surface area contributed by atoms with Crippen molar-refractivity contribution in [2.24, 2.45) is 0 Å². The van der Waals surface area contributed by atoms with Crippen molar-refractivity contribution in [3.8, 4) is 0 Å². The number of hydrogen-bond acceptors (Lipinski definition) is 3. The lowest BCUT2D eigenvalue weighted by Gasteiger charge is -2.16. The molecule has 0 aliphatic rings. The van der Waals surface area contributed by atoms with Gasteiger partial charge in [0, 0.05) is 20.0 Å². The molecule has 1 heterocycles. The van der Waals surface area contributed by atoms with Gasteiger partial charge in [0.05, 0.1) is 10.4 Å². The first-order chi connectivity index (χ1) is 9.19. The Morgan fingerprint density at radius 3 is 2.84 bits per heavy atom. The SMILES string of the molecule is CCNC(CSc1cccc(Br)c1)c1ccc(Cl)s1. The van der Waals surface area contributed by atoms with Crippen molar-refractivity contribution in [1.82, 2.24) is 5.32 Å². The summed E-state index contributed by atoms with van der Waals surface area (Å²) in [7, 11) is 0. The van der Waals surface area contributed by atoms with Crippen molar-refractivity contribution in [1.29, 1.82) is 0 Å². The molecule has 0 aliphatic heterocycles. The maximum atomic E-state index is 6.02. The highest BCUT2D eigenvalue weighted by Gasteiger charge is 2.13. The third-order valence-electron chi connectivity index (χ3n) is 2.60. The third-order valence-corrected chi connectivity index (χ3v) is 5.53. The zero-order chi connectivity index (χ0) is 13.7. The first kappa shape index (κ1) is 15.4. The molecule has 1 nitrogen and oxygen atoms in total. The average Bonchev–Trinajstić information content (AvgIpc) is 2.81. The summed E-state index contributed by atoms with van der Waals surface area (Å²) in [5.41, 5.74) is 0. The van der Waals surface area contributed by atoms with E-state index in [4.69, 9.17) is 11.6 Å². The van der Waals surface area contributed by atoms with Crippen molar-refractivity contribution in [2.75, 3.05) is 12.3 Å². The second-order valence-electron chi connectivity index (χ2n) is 4.02. The molecule has 102 valence electrons. The Kier molecular flexibility index (Phi) is 6.23. The van der Waals surface area contributed by atoms with Crippen LogP contribution in [0, 0.1) is 0 Å². The van der Waals surface area contributed by atoms with E-state index in [2.05, 4.69) is 52.4 Å². The third kappa shape index (κ3) is 4.80. The monoisotopic (exact) mass is 375 g/mol. The molecule has 0 fully saturated rings. The Hall–Kier alpha value is -0.0000000000000000278. The molecule has 1 aromatic heterocycles. The van der Waals surface area contributed by atoms with Crippen LogP contribution in [-0.4, -0.2) is 12.3 Å². The molecule has 0 aliphatic carbocycles. The van der Waals surface area contributed by atoms with E-state index in [1.165, 1.54) is 9.77 Å². The molecule has 1 aromatic carbocycles. The van der Waals surface area contributed by atoms with Crippen LogP contribution in [0.2, 0.25) is 4.34 Å². The minimum atomic E-state index is 0.353. The highest BCUT2D eigenvalue weighted by atomic mass is 79.9. The number of thiophene rings is 1. The molecule has 2 rings (SSSR count). The zero-order valence-corrected chi connectivity index (χ0v) is 14.5. The van der Waals surface area contributed by atoms with Gasteiger partial charge in [0.15, 0.2) is 0 Å². The fourth-order valence-electron chi connectivity index (χ4n) is 1.74. The average molecular weight is 377 g/mol. The van der Waals surface area contributed by atoms with Gasteiger partial charge in [-0.05, 0) is 36.9 Å². The Morgan fingerprint density at radius 1 is 1.37 bits per heavy atom.